The third kappa shape index (κ3) is 1.66. The van der Waals surface area contributed by atoms with Crippen LogP contribution in [0.2, 0.25) is 0 Å². The molecular weight excluding hydrogens is 232 g/mol. The van der Waals surface area contributed by atoms with Gasteiger partial charge in [0.1, 0.15) is 5.56 Å². The van der Waals surface area contributed by atoms with Gasteiger partial charge < -0.3 is 10.5 Å². The molecule has 2 fully saturated rings. The van der Waals surface area contributed by atoms with Crippen LogP contribution in [0.4, 0.5) is 0 Å². The maximum Gasteiger partial charge on any atom is 0.254 e. The average molecular weight is 246 g/mol. The molecule has 1 aromatic rings. The highest BCUT2D eigenvalue weighted by Crippen LogP contribution is 2.43. The van der Waals surface area contributed by atoms with E-state index in [4.69, 9.17) is 10.5 Å². The molecule has 3 unspecified atom stereocenters. The number of nitrogens with two attached hydrogens (primary N) is 1. The van der Waals surface area contributed by atoms with Crippen LogP contribution in [0.25, 0.3) is 0 Å². The molecule has 1 aromatic heterocycles. The number of Topliss-reactive ketones (excluding diaryl/α,β-unsaturated/α-hetero) is 1. The highest BCUT2D eigenvalue weighted by atomic mass is 16.5. The number of rotatable bonds is 3. The van der Waals surface area contributed by atoms with Gasteiger partial charge in [-0.25, -0.2) is 4.98 Å². The summed E-state index contributed by atoms with van der Waals surface area (Å²) in [6.45, 7) is 0. The first-order chi connectivity index (χ1) is 8.66. The zero-order valence-corrected chi connectivity index (χ0v) is 9.83. The molecule has 5 nitrogen and oxygen atoms in total. The van der Waals surface area contributed by atoms with Gasteiger partial charge in [-0.2, -0.15) is 0 Å². The quantitative estimate of drug-likeness (QED) is 0.860. The lowest BCUT2D eigenvalue weighted by molar-refractivity contribution is -0.129. The molecule has 0 saturated heterocycles. The zero-order chi connectivity index (χ0) is 12.7. The number of hydrogen-bond donors (Lipinski definition) is 1. The number of carbonyl (C=O) groups is 2. The number of fused-ring (bicyclic) bond motifs is 2. The van der Waals surface area contributed by atoms with Crippen molar-refractivity contribution in [1.82, 2.24) is 4.98 Å². The van der Waals surface area contributed by atoms with Crippen LogP contribution >= 0.6 is 0 Å². The highest BCUT2D eigenvalue weighted by Gasteiger charge is 2.48. The van der Waals surface area contributed by atoms with Crippen LogP contribution in [0.3, 0.4) is 0 Å². The molecule has 2 aliphatic carbocycles. The summed E-state index contributed by atoms with van der Waals surface area (Å²) < 4.78 is 5.65. The predicted octanol–water partition coefficient (Wildman–Crippen LogP) is 0.927. The molecule has 1 heterocycles. The van der Waals surface area contributed by atoms with Crippen LogP contribution in [-0.2, 0) is 4.79 Å². The Labute approximate surface area is 104 Å². The fraction of sp³-hybridized carbons (Fsp3) is 0.462. The third-order valence-corrected chi connectivity index (χ3v) is 3.86. The van der Waals surface area contributed by atoms with Crippen LogP contribution in [0.1, 0.15) is 29.6 Å². The van der Waals surface area contributed by atoms with E-state index in [1.807, 2.05) is 0 Å². The lowest BCUT2D eigenvalue weighted by Gasteiger charge is -2.21. The van der Waals surface area contributed by atoms with Gasteiger partial charge in [0.15, 0.2) is 11.9 Å². The minimum atomic E-state index is -0.589. The Bertz CT molecular complexity index is 515. The van der Waals surface area contributed by atoms with Gasteiger partial charge in [0.2, 0.25) is 5.88 Å². The normalized spacial score (nSPS) is 29.6. The first-order valence-corrected chi connectivity index (χ1v) is 6.12. The molecule has 94 valence electrons. The Morgan fingerprint density at radius 3 is 2.94 bits per heavy atom. The molecular formula is C13H14N2O3. The van der Waals surface area contributed by atoms with Crippen LogP contribution in [0.5, 0.6) is 5.88 Å². The summed E-state index contributed by atoms with van der Waals surface area (Å²) >= 11 is 0. The van der Waals surface area contributed by atoms with Gasteiger partial charge >= 0.3 is 0 Å². The number of pyridine rings is 1. The summed E-state index contributed by atoms with van der Waals surface area (Å²) in [5.74, 6) is 0.142. The van der Waals surface area contributed by atoms with E-state index >= 15 is 0 Å². The molecule has 0 spiro atoms. The Morgan fingerprint density at radius 1 is 1.44 bits per heavy atom. The SMILES string of the molecule is NC(=O)c1cccnc1OC1C(=O)C2CCC1C2. The van der Waals surface area contributed by atoms with Crippen molar-refractivity contribution in [3.05, 3.63) is 23.9 Å². The zero-order valence-electron chi connectivity index (χ0n) is 9.83. The van der Waals surface area contributed by atoms with E-state index < -0.39 is 12.0 Å². The largest absolute Gasteiger partial charge is 0.465 e. The minimum Gasteiger partial charge on any atom is -0.465 e. The molecule has 1 amide bonds. The molecule has 0 aliphatic heterocycles. The molecule has 3 atom stereocenters. The molecule has 18 heavy (non-hydrogen) atoms. The van der Waals surface area contributed by atoms with Gasteiger partial charge in [0.05, 0.1) is 0 Å². The van der Waals surface area contributed by atoms with Crippen molar-refractivity contribution < 1.29 is 14.3 Å². The van der Waals surface area contributed by atoms with Crippen LogP contribution in [-0.4, -0.2) is 22.8 Å². The number of hydrogen-bond acceptors (Lipinski definition) is 4. The van der Waals surface area contributed by atoms with Gasteiger partial charge in [-0.3, -0.25) is 9.59 Å². The molecule has 0 aromatic carbocycles. The van der Waals surface area contributed by atoms with Crippen molar-refractivity contribution in [2.75, 3.05) is 0 Å². The lowest BCUT2D eigenvalue weighted by Crippen LogP contribution is -2.34. The molecule has 2 N–H and O–H groups in total. The van der Waals surface area contributed by atoms with E-state index in [1.165, 1.54) is 6.20 Å². The van der Waals surface area contributed by atoms with Crippen molar-refractivity contribution in [2.24, 2.45) is 17.6 Å². The molecule has 2 bridgehead atoms. The summed E-state index contributed by atoms with van der Waals surface area (Å²) in [7, 11) is 0. The van der Waals surface area contributed by atoms with Crippen molar-refractivity contribution in [1.29, 1.82) is 0 Å². The highest BCUT2D eigenvalue weighted by molar-refractivity contribution is 5.95. The predicted molar refractivity (Wildman–Crippen MR) is 63.0 cm³/mol. The summed E-state index contributed by atoms with van der Waals surface area (Å²) in [6, 6.07) is 3.18. The Kier molecular flexibility index (Phi) is 2.54. The molecule has 2 saturated carbocycles. The number of primary amides is 1. The minimum absolute atomic E-state index is 0.140. The second-order valence-electron chi connectivity index (χ2n) is 4.93. The first kappa shape index (κ1) is 11.2. The van der Waals surface area contributed by atoms with E-state index in [-0.39, 0.29) is 29.1 Å². The number of aromatic nitrogens is 1. The second-order valence-corrected chi connectivity index (χ2v) is 4.93. The fourth-order valence-electron chi connectivity index (χ4n) is 2.96. The molecule has 3 rings (SSSR count). The number of nitrogens with zero attached hydrogens (tertiary/aromatic N) is 1. The van der Waals surface area contributed by atoms with Crippen LogP contribution in [0.15, 0.2) is 18.3 Å². The van der Waals surface area contributed by atoms with Gasteiger partial charge in [0.25, 0.3) is 5.91 Å². The number of carbonyl (C=O) groups excluding carboxylic acids is 2. The smallest absolute Gasteiger partial charge is 0.254 e. The average Bonchev–Trinajstić information content (AvgIpc) is 2.93. The molecule has 0 radical (unpaired) electrons. The monoisotopic (exact) mass is 246 g/mol. The van der Waals surface area contributed by atoms with Crippen molar-refractivity contribution in [2.45, 2.75) is 25.4 Å². The molecule has 5 heteroatoms. The Morgan fingerprint density at radius 2 is 2.28 bits per heavy atom. The number of amides is 1. The summed E-state index contributed by atoms with van der Waals surface area (Å²) in [6.07, 6.45) is 3.97. The topological polar surface area (TPSA) is 82.3 Å². The van der Waals surface area contributed by atoms with Gasteiger partial charge in [-0.15, -0.1) is 0 Å². The number of ketones is 1. The number of ether oxygens (including phenoxy) is 1. The van der Waals surface area contributed by atoms with Crippen LogP contribution in [0, 0.1) is 11.8 Å². The third-order valence-electron chi connectivity index (χ3n) is 3.86. The standard InChI is InChI=1S/C13H14N2O3/c14-12(17)9-2-1-5-15-13(9)18-11-8-4-3-7(6-8)10(11)16/h1-2,5,7-8,11H,3-4,6H2,(H2,14,17). The van der Waals surface area contributed by atoms with Gasteiger partial charge in [0, 0.05) is 18.0 Å². The second kappa shape index (κ2) is 4.08. The van der Waals surface area contributed by atoms with E-state index in [0.29, 0.717) is 0 Å². The summed E-state index contributed by atoms with van der Waals surface area (Å²) in [5, 5.41) is 0. The first-order valence-electron chi connectivity index (χ1n) is 6.12. The van der Waals surface area contributed by atoms with Gasteiger partial charge in [-0.1, -0.05) is 0 Å². The fourth-order valence-corrected chi connectivity index (χ4v) is 2.96. The summed E-state index contributed by atoms with van der Waals surface area (Å²) in [5.41, 5.74) is 5.49. The Hall–Kier alpha value is -1.91. The Balaban J connectivity index is 1.85. The van der Waals surface area contributed by atoms with E-state index in [9.17, 15) is 9.59 Å². The van der Waals surface area contributed by atoms with E-state index in [0.717, 1.165) is 19.3 Å². The lowest BCUT2D eigenvalue weighted by atomic mass is 9.96. The maximum atomic E-state index is 12.0. The molecule has 2 aliphatic rings. The maximum absolute atomic E-state index is 12.0. The van der Waals surface area contributed by atoms with Crippen LogP contribution < -0.4 is 10.5 Å². The van der Waals surface area contributed by atoms with Gasteiger partial charge in [-0.05, 0) is 31.4 Å². The van der Waals surface area contributed by atoms with Crippen molar-refractivity contribution >= 4 is 11.7 Å². The van der Waals surface area contributed by atoms with Crippen molar-refractivity contribution in [3.63, 3.8) is 0 Å². The van der Waals surface area contributed by atoms with Crippen molar-refractivity contribution in [3.8, 4) is 5.88 Å². The summed E-state index contributed by atoms with van der Waals surface area (Å²) in [4.78, 5) is 27.2. The van der Waals surface area contributed by atoms with E-state index in [2.05, 4.69) is 4.98 Å². The van der Waals surface area contributed by atoms with E-state index in [1.54, 1.807) is 12.1 Å².